The van der Waals surface area contributed by atoms with Crippen LogP contribution in [0.1, 0.15) is 0 Å². The van der Waals surface area contributed by atoms with Gasteiger partial charge in [-0.25, -0.2) is 15.0 Å². The minimum atomic E-state index is -3.82. The molecule has 1 unspecified atom stereocenters. The molecule has 0 aromatic carbocycles. The quantitative estimate of drug-likeness (QED) is 0.436. The maximum absolute atomic E-state index is 11.4. The Labute approximate surface area is 120 Å². The molecule has 0 fully saturated rings. The van der Waals surface area contributed by atoms with Crippen molar-refractivity contribution in [2.45, 2.75) is 6.54 Å². The van der Waals surface area contributed by atoms with Crippen LogP contribution in [-0.2, 0) is 20.4 Å². The number of fused-ring (bicyclic) bond motifs is 1. The Hall–Kier alpha value is -1.58. The second-order valence-corrected chi connectivity index (χ2v) is 5.89. The Balaban J connectivity index is 1.86. The molecule has 2 heterocycles. The molecular formula is C10H16N5O5P. The highest BCUT2D eigenvalue weighted by Gasteiger charge is 2.19. The van der Waals surface area contributed by atoms with Gasteiger partial charge >= 0.3 is 7.60 Å². The smallest absolute Gasteiger partial charge is 0.353 e. The Morgan fingerprint density at radius 3 is 2.90 bits per heavy atom. The van der Waals surface area contributed by atoms with Crippen molar-refractivity contribution >= 4 is 24.6 Å². The molecule has 10 nitrogen and oxygen atoms in total. The zero-order chi connectivity index (χ0) is 15.3. The summed E-state index contributed by atoms with van der Waals surface area (Å²) in [7, 11) is -3.82. The van der Waals surface area contributed by atoms with Gasteiger partial charge in [-0.3, -0.25) is 4.57 Å². The summed E-state index contributed by atoms with van der Waals surface area (Å²) in [6, 6.07) is 0. The van der Waals surface area contributed by atoms with Gasteiger partial charge in [0.2, 0.25) is 0 Å². The third-order valence-electron chi connectivity index (χ3n) is 2.54. The number of aliphatic hydroxyl groups excluding tert-OH is 1. The lowest BCUT2D eigenvalue weighted by Gasteiger charge is -2.11. The zero-order valence-electron chi connectivity index (χ0n) is 11.1. The lowest BCUT2D eigenvalue weighted by atomic mass is 10.5. The van der Waals surface area contributed by atoms with E-state index in [1.807, 2.05) is 0 Å². The molecular weight excluding hydrogens is 301 g/mol. The van der Waals surface area contributed by atoms with Gasteiger partial charge in [0, 0.05) is 6.54 Å². The molecule has 0 aliphatic carbocycles. The van der Waals surface area contributed by atoms with Crippen molar-refractivity contribution < 1.29 is 23.8 Å². The topological polar surface area (TPSA) is 146 Å². The molecule has 2 rings (SSSR count). The largest absolute Gasteiger partial charge is 0.394 e. The van der Waals surface area contributed by atoms with Gasteiger partial charge in [-0.05, 0) is 0 Å². The van der Waals surface area contributed by atoms with E-state index in [-0.39, 0.29) is 25.6 Å². The van der Waals surface area contributed by atoms with Crippen LogP contribution in [0.4, 0.5) is 5.82 Å². The molecule has 0 radical (unpaired) electrons. The Bertz CT molecular complexity index is 648. The van der Waals surface area contributed by atoms with Crippen molar-refractivity contribution in [1.29, 1.82) is 0 Å². The molecule has 0 spiro atoms. The van der Waals surface area contributed by atoms with E-state index >= 15 is 0 Å². The molecule has 4 N–H and O–H groups in total. The molecule has 11 heteroatoms. The molecule has 116 valence electrons. The number of rotatable bonds is 8. The maximum Gasteiger partial charge on any atom is 0.353 e. The molecule has 0 saturated heterocycles. The monoisotopic (exact) mass is 317 g/mol. The van der Waals surface area contributed by atoms with Crippen LogP contribution < -0.4 is 5.73 Å². The summed E-state index contributed by atoms with van der Waals surface area (Å²) in [5.41, 5.74) is 6.72. The van der Waals surface area contributed by atoms with Crippen LogP contribution in [0.15, 0.2) is 12.7 Å². The first-order chi connectivity index (χ1) is 10.0. The van der Waals surface area contributed by atoms with Gasteiger partial charge in [0.15, 0.2) is 11.5 Å². The van der Waals surface area contributed by atoms with Crippen LogP contribution in [0.5, 0.6) is 0 Å². The van der Waals surface area contributed by atoms with Crippen molar-refractivity contribution in [2.75, 3.05) is 31.9 Å². The first-order valence-corrected chi connectivity index (χ1v) is 7.86. The van der Waals surface area contributed by atoms with Crippen LogP contribution in [0.25, 0.3) is 11.2 Å². The Kier molecular flexibility index (Phi) is 5.21. The van der Waals surface area contributed by atoms with Crippen LogP contribution in [0, 0.1) is 0 Å². The molecule has 0 aliphatic rings. The second-order valence-electron chi connectivity index (χ2n) is 4.10. The van der Waals surface area contributed by atoms with E-state index in [0.29, 0.717) is 17.7 Å². The lowest BCUT2D eigenvalue weighted by molar-refractivity contribution is 0.127. The number of hydrogen-bond donors (Lipinski definition) is 3. The average Bonchev–Trinajstić information content (AvgIpc) is 2.86. The van der Waals surface area contributed by atoms with E-state index in [4.69, 9.17) is 15.6 Å². The number of nitrogens with zero attached hydrogens (tertiary/aromatic N) is 4. The van der Waals surface area contributed by atoms with Crippen LogP contribution >= 0.6 is 7.60 Å². The number of nitrogens with two attached hydrogens (primary N) is 1. The summed E-state index contributed by atoms with van der Waals surface area (Å²) < 4.78 is 22.8. The summed E-state index contributed by atoms with van der Waals surface area (Å²) in [6.45, 7) is 0.0154. The van der Waals surface area contributed by atoms with Gasteiger partial charge in [0.1, 0.15) is 18.2 Å². The standard InChI is InChI=1S/C10H16N5O5P/c11-9-8-10(13-5-12-9)15(6-14-8)1-3-19-7-21(17,18)20-4-2-16/h5-6,16H,1-4,7H2,(H,17,18)(H2,11,12,13). The predicted octanol–water partition coefficient (Wildman–Crippen LogP) is -0.423. The minimum Gasteiger partial charge on any atom is -0.394 e. The molecule has 0 saturated carbocycles. The number of nitrogen functional groups attached to an aromatic ring is 1. The van der Waals surface area contributed by atoms with E-state index in [1.54, 1.807) is 10.9 Å². The molecule has 2 aromatic rings. The fourth-order valence-corrected chi connectivity index (χ4v) is 2.43. The van der Waals surface area contributed by atoms with Crippen molar-refractivity contribution in [3.05, 3.63) is 12.7 Å². The van der Waals surface area contributed by atoms with Crippen LogP contribution in [-0.4, -0.2) is 55.7 Å². The molecule has 0 amide bonds. The minimum absolute atomic E-state index is 0.169. The number of ether oxygens (including phenoxy) is 1. The van der Waals surface area contributed by atoms with Crippen molar-refractivity contribution in [2.24, 2.45) is 0 Å². The predicted molar refractivity (Wildman–Crippen MR) is 73.4 cm³/mol. The molecule has 0 aliphatic heterocycles. The fraction of sp³-hybridized carbons (Fsp3) is 0.500. The molecule has 1 atom stereocenters. The van der Waals surface area contributed by atoms with Crippen molar-refractivity contribution in [3.63, 3.8) is 0 Å². The van der Waals surface area contributed by atoms with Crippen LogP contribution in [0.3, 0.4) is 0 Å². The van der Waals surface area contributed by atoms with Crippen molar-refractivity contribution in [3.8, 4) is 0 Å². The average molecular weight is 317 g/mol. The van der Waals surface area contributed by atoms with Gasteiger partial charge in [-0.15, -0.1) is 0 Å². The van der Waals surface area contributed by atoms with Gasteiger partial charge in [-0.1, -0.05) is 0 Å². The molecule has 0 bridgehead atoms. The van der Waals surface area contributed by atoms with E-state index < -0.39 is 13.9 Å². The second kappa shape index (κ2) is 6.92. The van der Waals surface area contributed by atoms with E-state index in [9.17, 15) is 9.46 Å². The van der Waals surface area contributed by atoms with Gasteiger partial charge in [-0.2, -0.15) is 0 Å². The van der Waals surface area contributed by atoms with Crippen molar-refractivity contribution in [1.82, 2.24) is 19.5 Å². The third-order valence-corrected chi connectivity index (χ3v) is 3.64. The lowest BCUT2D eigenvalue weighted by Crippen LogP contribution is -2.08. The van der Waals surface area contributed by atoms with E-state index in [0.717, 1.165) is 0 Å². The van der Waals surface area contributed by atoms with E-state index in [2.05, 4.69) is 19.5 Å². The highest BCUT2D eigenvalue weighted by molar-refractivity contribution is 7.52. The third kappa shape index (κ3) is 4.19. The summed E-state index contributed by atoms with van der Waals surface area (Å²) in [6.07, 6.45) is 2.43. The number of aliphatic hydroxyl groups is 1. The Morgan fingerprint density at radius 1 is 1.33 bits per heavy atom. The SMILES string of the molecule is Nc1ncnc2c1ncn2CCOCP(=O)(O)OCCO. The van der Waals surface area contributed by atoms with Gasteiger partial charge < -0.3 is 29.6 Å². The zero-order valence-corrected chi connectivity index (χ0v) is 12.0. The van der Waals surface area contributed by atoms with Crippen LogP contribution in [0.2, 0.25) is 0 Å². The van der Waals surface area contributed by atoms with E-state index in [1.165, 1.54) is 6.33 Å². The number of anilines is 1. The molecule has 2 aromatic heterocycles. The maximum atomic E-state index is 11.4. The Morgan fingerprint density at radius 2 is 2.14 bits per heavy atom. The highest BCUT2D eigenvalue weighted by Crippen LogP contribution is 2.41. The highest BCUT2D eigenvalue weighted by atomic mass is 31.2. The molecule has 21 heavy (non-hydrogen) atoms. The fourth-order valence-electron chi connectivity index (χ4n) is 1.63. The van der Waals surface area contributed by atoms with Gasteiger partial charge in [0.05, 0.1) is 26.1 Å². The normalized spacial score (nSPS) is 14.4. The van der Waals surface area contributed by atoms with Gasteiger partial charge in [0.25, 0.3) is 0 Å². The summed E-state index contributed by atoms with van der Waals surface area (Å²) in [4.78, 5) is 21.3. The number of imidazole rings is 1. The number of hydrogen-bond acceptors (Lipinski definition) is 8. The summed E-state index contributed by atoms with van der Waals surface area (Å²) in [5.74, 6) is 0.289. The summed E-state index contributed by atoms with van der Waals surface area (Å²) >= 11 is 0. The first-order valence-electron chi connectivity index (χ1n) is 6.10. The first kappa shape index (κ1) is 15.8. The number of aromatic nitrogens is 4. The summed E-state index contributed by atoms with van der Waals surface area (Å²) in [5, 5.41) is 8.52.